The summed E-state index contributed by atoms with van der Waals surface area (Å²) < 4.78 is 12.7. The Morgan fingerprint density at radius 3 is 2.47 bits per heavy atom. The molecule has 0 aliphatic carbocycles. The summed E-state index contributed by atoms with van der Waals surface area (Å²) in [6, 6.07) is 13.6. The molecule has 8 nitrogen and oxygen atoms in total. The Bertz CT molecular complexity index is 1200. The molecule has 0 aliphatic rings. The van der Waals surface area contributed by atoms with Crippen LogP contribution in [0.4, 0.5) is 10.5 Å². The van der Waals surface area contributed by atoms with Crippen LogP contribution in [0.2, 0.25) is 0 Å². The zero-order valence-corrected chi connectivity index (χ0v) is 20.3. The molecule has 0 fully saturated rings. The lowest BCUT2D eigenvalue weighted by Crippen LogP contribution is -2.33. The van der Waals surface area contributed by atoms with E-state index in [1.807, 2.05) is 51.2 Å². The highest BCUT2D eigenvalue weighted by molar-refractivity contribution is 6.06. The monoisotopic (exact) mass is 465 g/mol. The van der Waals surface area contributed by atoms with Gasteiger partial charge < -0.3 is 24.3 Å². The van der Waals surface area contributed by atoms with Gasteiger partial charge in [0.1, 0.15) is 0 Å². The predicted octanol–water partition coefficient (Wildman–Crippen LogP) is 4.73. The van der Waals surface area contributed by atoms with Gasteiger partial charge in [-0.15, -0.1) is 0 Å². The molecule has 8 heteroatoms. The molecule has 0 aliphatic heterocycles. The first kappa shape index (κ1) is 24.8. The normalized spacial score (nSPS) is 11.7. The predicted molar refractivity (Wildman–Crippen MR) is 131 cm³/mol. The van der Waals surface area contributed by atoms with Gasteiger partial charge in [-0.05, 0) is 51.5 Å². The van der Waals surface area contributed by atoms with Crippen molar-refractivity contribution in [2.24, 2.45) is 0 Å². The fourth-order valence-electron chi connectivity index (χ4n) is 3.78. The Morgan fingerprint density at radius 1 is 1.09 bits per heavy atom. The van der Waals surface area contributed by atoms with Crippen molar-refractivity contribution in [1.29, 1.82) is 0 Å². The number of anilines is 1. The van der Waals surface area contributed by atoms with Gasteiger partial charge in [0.2, 0.25) is 0 Å². The van der Waals surface area contributed by atoms with E-state index in [4.69, 9.17) is 9.47 Å². The van der Waals surface area contributed by atoms with Gasteiger partial charge >= 0.3 is 12.1 Å². The van der Waals surface area contributed by atoms with Crippen LogP contribution >= 0.6 is 0 Å². The minimum absolute atomic E-state index is 0.223. The Hall–Kier alpha value is -3.81. The number of benzene rings is 2. The van der Waals surface area contributed by atoms with Crippen molar-refractivity contribution in [3.63, 3.8) is 0 Å². The van der Waals surface area contributed by atoms with Crippen LogP contribution in [0.3, 0.4) is 0 Å². The number of aromatic nitrogens is 1. The number of rotatable bonds is 8. The number of aryl methyl sites for hydroxylation is 1. The highest BCUT2D eigenvalue weighted by atomic mass is 16.6. The Kier molecular flexibility index (Phi) is 7.94. The molecule has 0 radical (unpaired) electrons. The van der Waals surface area contributed by atoms with E-state index in [0.29, 0.717) is 30.7 Å². The maximum atomic E-state index is 12.8. The standard InChI is InChI=1S/C26H31N3O5/c1-6-28(7-2)26(32)34-23-12-11-22-21(24(23)27-25(31)18(4)33-19(5)30)13-14-29(22)16-20-10-8-9-17(3)15-20/h8-15,18H,6-7,16H2,1-5H3,(H,27,31)/t18-/m0/s1. The molecule has 3 rings (SSSR count). The SMILES string of the molecule is CCN(CC)C(=O)Oc1ccc2c(ccn2Cc2cccc(C)c2)c1NC(=O)[C@H](C)OC(C)=O. The summed E-state index contributed by atoms with van der Waals surface area (Å²) in [6.45, 7) is 10.1. The maximum Gasteiger partial charge on any atom is 0.415 e. The van der Waals surface area contributed by atoms with Gasteiger partial charge in [0, 0.05) is 38.1 Å². The summed E-state index contributed by atoms with van der Waals surface area (Å²) in [5.74, 6) is -0.853. The zero-order chi connectivity index (χ0) is 24.8. The molecular formula is C26H31N3O5. The highest BCUT2D eigenvalue weighted by Crippen LogP contribution is 2.35. The first-order valence-electron chi connectivity index (χ1n) is 11.4. The van der Waals surface area contributed by atoms with Gasteiger partial charge in [-0.2, -0.15) is 0 Å². The third kappa shape index (κ3) is 5.75. The molecule has 0 saturated carbocycles. The first-order chi connectivity index (χ1) is 16.2. The lowest BCUT2D eigenvalue weighted by molar-refractivity contribution is -0.150. The van der Waals surface area contributed by atoms with Crippen LogP contribution in [-0.2, 0) is 20.9 Å². The Balaban J connectivity index is 2.01. The third-order valence-electron chi connectivity index (χ3n) is 5.53. The van der Waals surface area contributed by atoms with Crippen molar-refractivity contribution in [2.75, 3.05) is 18.4 Å². The van der Waals surface area contributed by atoms with E-state index >= 15 is 0 Å². The fraction of sp³-hybridized carbons (Fsp3) is 0.346. The summed E-state index contributed by atoms with van der Waals surface area (Å²) in [5, 5.41) is 3.51. The summed E-state index contributed by atoms with van der Waals surface area (Å²) in [5.41, 5.74) is 3.53. The molecule has 2 aromatic carbocycles. The van der Waals surface area contributed by atoms with Crippen molar-refractivity contribution in [2.45, 2.75) is 47.3 Å². The van der Waals surface area contributed by atoms with Gasteiger partial charge in [-0.1, -0.05) is 29.8 Å². The van der Waals surface area contributed by atoms with Crippen molar-refractivity contribution in [3.05, 3.63) is 59.8 Å². The van der Waals surface area contributed by atoms with E-state index in [-0.39, 0.29) is 5.75 Å². The summed E-state index contributed by atoms with van der Waals surface area (Å²) >= 11 is 0. The maximum absolute atomic E-state index is 12.8. The number of carbonyl (C=O) groups is 3. The second-order valence-corrected chi connectivity index (χ2v) is 8.09. The van der Waals surface area contributed by atoms with Gasteiger partial charge in [0.15, 0.2) is 11.9 Å². The van der Waals surface area contributed by atoms with Crippen LogP contribution in [-0.4, -0.2) is 46.6 Å². The number of ether oxygens (including phenoxy) is 2. The highest BCUT2D eigenvalue weighted by Gasteiger charge is 2.22. The van der Waals surface area contributed by atoms with Crippen molar-refractivity contribution in [3.8, 4) is 5.75 Å². The second kappa shape index (κ2) is 10.9. The van der Waals surface area contributed by atoms with E-state index in [1.165, 1.54) is 19.4 Å². The smallest absolute Gasteiger partial charge is 0.415 e. The van der Waals surface area contributed by atoms with Gasteiger partial charge in [0.25, 0.3) is 5.91 Å². The number of carbonyl (C=O) groups excluding carboxylic acids is 3. The summed E-state index contributed by atoms with van der Waals surface area (Å²) in [7, 11) is 0. The lowest BCUT2D eigenvalue weighted by atomic mass is 10.1. The van der Waals surface area contributed by atoms with Crippen LogP contribution in [0.5, 0.6) is 5.75 Å². The van der Waals surface area contributed by atoms with Crippen LogP contribution in [0.15, 0.2) is 48.7 Å². The average molecular weight is 466 g/mol. The molecule has 34 heavy (non-hydrogen) atoms. The van der Waals surface area contributed by atoms with Crippen LogP contribution in [0.1, 0.15) is 38.8 Å². The van der Waals surface area contributed by atoms with Crippen molar-refractivity contribution >= 4 is 34.6 Å². The van der Waals surface area contributed by atoms with E-state index in [1.54, 1.807) is 11.0 Å². The molecule has 180 valence electrons. The fourth-order valence-corrected chi connectivity index (χ4v) is 3.78. The van der Waals surface area contributed by atoms with Crippen LogP contribution in [0, 0.1) is 6.92 Å². The third-order valence-corrected chi connectivity index (χ3v) is 5.53. The average Bonchev–Trinajstić information content (AvgIpc) is 3.18. The van der Waals surface area contributed by atoms with Crippen LogP contribution in [0.25, 0.3) is 10.9 Å². The van der Waals surface area contributed by atoms with E-state index < -0.39 is 24.1 Å². The molecule has 0 spiro atoms. The van der Waals surface area contributed by atoms with E-state index in [9.17, 15) is 14.4 Å². The molecule has 3 aromatic rings. The van der Waals surface area contributed by atoms with Crippen molar-refractivity contribution < 1.29 is 23.9 Å². The topological polar surface area (TPSA) is 89.9 Å². The summed E-state index contributed by atoms with van der Waals surface area (Å²) in [6.07, 6.45) is 0.411. The number of hydrogen-bond donors (Lipinski definition) is 1. The zero-order valence-electron chi connectivity index (χ0n) is 20.3. The Morgan fingerprint density at radius 2 is 1.82 bits per heavy atom. The van der Waals surface area contributed by atoms with Crippen molar-refractivity contribution in [1.82, 2.24) is 9.47 Å². The quantitative estimate of drug-likeness (QED) is 0.486. The molecule has 1 aromatic heterocycles. The minimum Gasteiger partial charge on any atom is -0.453 e. The van der Waals surface area contributed by atoms with Gasteiger partial charge in [-0.25, -0.2) is 4.79 Å². The van der Waals surface area contributed by atoms with E-state index in [0.717, 1.165) is 11.1 Å². The first-order valence-corrected chi connectivity index (χ1v) is 11.4. The number of nitrogens with zero attached hydrogens (tertiary/aromatic N) is 2. The van der Waals surface area contributed by atoms with Gasteiger partial charge in [0.05, 0.1) is 11.2 Å². The number of nitrogens with one attached hydrogen (secondary N) is 1. The summed E-state index contributed by atoms with van der Waals surface area (Å²) in [4.78, 5) is 38.2. The molecule has 1 heterocycles. The number of hydrogen-bond acceptors (Lipinski definition) is 5. The Labute approximate surface area is 199 Å². The number of amides is 2. The second-order valence-electron chi connectivity index (χ2n) is 8.09. The molecular weight excluding hydrogens is 434 g/mol. The van der Waals surface area contributed by atoms with Gasteiger partial charge in [-0.3, -0.25) is 9.59 Å². The van der Waals surface area contributed by atoms with E-state index in [2.05, 4.69) is 22.0 Å². The molecule has 2 amide bonds. The molecule has 0 unspecified atom stereocenters. The largest absolute Gasteiger partial charge is 0.453 e. The lowest BCUT2D eigenvalue weighted by Gasteiger charge is -2.20. The number of fused-ring (bicyclic) bond motifs is 1. The molecule has 1 atom stereocenters. The molecule has 1 N–H and O–H groups in total. The molecule has 0 bridgehead atoms. The number of esters is 1. The molecule has 0 saturated heterocycles. The minimum atomic E-state index is -1.01. The van der Waals surface area contributed by atoms with Crippen LogP contribution < -0.4 is 10.1 Å².